The predicted molar refractivity (Wildman–Crippen MR) is 253 cm³/mol. The van der Waals surface area contributed by atoms with Gasteiger partial charge in [0, 0.05) is 0 Å². The van der Waals surface area contributed by atoms with E-state index in [2.05, 4.69) is 189 Å². The third-order valence-electron chi connectivity index (χ3n) is 20.8. The summed E-state index contributed by atoms with van der Waals surface area (Å²) in [5.41, 5.74) is 7.08. The molecule has 0 amide bonds. The van der Waals surface area contributed by atoms with E-state index < -0.39 is 21.3 Å². The Hall–Kier alpha value is -2.31. The molecule has 3 heteroatoms. The van der Waals surface area contributed by atoms with Crippen molar-refractivity contribution in [3.8, 4) is 0 Å². The molecule has 326 valence electrons. The van der Waals surface area contributed by atoms with Gasteiger partial charge in [-0.05, 0) is 0 Å². The Morgan fingerprint density at radius 3 is 1.48 bits per heavy atom. The van der Waals surface area contributed by atoms with Crippen LogP contribution in [0.5, 0.6) is 0 Å². The van der Waals surface area contributed by atoms with Crippen LogP contribution in [0, 0.1) is 43.8 Å². The minimum Gasteiger partial charge on any atom is -1.00 e. The maximum atomic E-state index is 2.86. The van der Waals surface area contributed by atoms with E-state index in [1.807, 2.05) is 0 Å². The van der Waals surface area contributed by atoms with E-state index in [1.165, 1.54) is 75.3 Å². The molecular formula is C59H72Cl2Zr. The minimum atomic E-state index is -3.04. The van der Waals surface area contributed by atoms with Crippen LogP contribution in [0.15, 0.2) is 142 Å². The molecule has 2 aromatic rings. The standard InChI is InChI=1S/C29H37.C25H30.C5H5.2ClH.Zr/c1-21-14-13-15-22-20-27(6)25(4)18-10-9-16-23(25,2)24(3)17-11-12-19-26(24,5)29(27,8)28(21,22)7;1-3-7-22(8-4-1)24-15-11-20(12-16-24)19-21-13-17-25(18-14-21)23-9-5-2-6-10-23;1-2-4-5-3-1;;;/h9-20,22H,1-8H3;11-18,22-23H,1-10H2;1-3H,4H2;2*1H;/q;;;;;+2/p-2. The van der Waals surface area contributed by atoms with E-state index in [-0.39, 0.29) is 62.7 Å². The summed E-state index contributed by atoms with van der Waals surface area (Å²) in [6, 6.07) is 20.7. The molecule has 8 aliphatic carbocycles. The van der Waals surface area contributed by atoms with Crippen LogP contribution < -0.4 is 24.8 Å². The van der Waals surface area contributed by atoms with E-state index in [1.54, 1.807) is 23.2 Å². The quantitative estimate of drug-likeness (QED) is 0.271. The molecule has 10 rings (SSSR count). The minimum absolute atomic E-state index is 0. The van der Waals surface area contributed by atoms with Gasteiger partial charge in [0.1, 0.15) is 0 Å². The van der Waals surface area contributed by atoms with Gasteiger partial charge in [0.15, 0.2) is 0 Å². The van der Waals surface area contributed by atoms with Crippen molar-refractivity contribution in [3.63, 3.8) is 0 Å². The van der Waals surface area contributed by atoms with Crippen molar-refractivity contribution in [1.29, 1.82) is 0 Å². The molecule has 0 bridgehead atoms. The summed E-state index contributed by atoms with van der Waals surface area (Å²) in [7, 11) is 0. The summed E-state index contributed by atoms with van der Waals surface area (Å²) in [5.74, 6) is 1.84. The Balaban J connectivity index is 0.00000264. The van der Waals surface area contributed by atoms with Crippen molar-refractivity contribution >= 4 is 3.21 Å². The average Bonchev–Trinajstić information content (AvgIpc) is 3.87. The predicted octanol–water partition coefficient (Wildman–Crippen LogP) is 10.1. The molecule has 0 radical (unpaired) electrons. The number of rotatable bonds is 6. The van der Waals surface area contributed by atoms with E-state index >= 15 is 0 Å². The topological polar surface area (TPSA) is 0 Å². The Morgan fingerprint density at radius 1 is 0.532 bits per heavy atom. The molecule has 8 aliphatic rings. The molecule has 0 nitrogen and oxygen atoms in total. The van der Waals surface area contributed by atoms with Crippen molar-refractivity contribution in [3.05, 3.63) is 165 Å². The summed E-state index contributed by atoms with van der Waals surface area (Å²) < 4.78 is 4.04. The Bertz CT molecular complexity index is 2270. The van der Waals surface area contributed by atoms with E-state index in [4.69, 9.17) is 0 Å². The second-order valence-corrected chi connectivity index (χ2v) is 28.4. The van der Waals surface area contributed by atoms with Crippen LogP contribution in [0.4, 0.5) is 0 Å². The smallest absolute Gasteiger partial charge is 1.00 e. The zero-order chi connectivity index (χ0) is 41.8. The van der Waals surface area contributed by atoms with Gasteiger partial charge in [-0.3, -0.25) is 0 Å². The van der Waals surface area contributed by atoms with Crippen LogP contribution in [0.25, 0.3) is 0 Å². The van der Waals surface area contributed by atoms with Crippen LogP contribution >= 0.6 is 0 Å². The Kier molecular flexibility index (Phi) is 12.3. The molecule has 0 N–H and O–H groups in total. The van der Waals surface area contributed by atoms with Crippen molar-refractivity contribution in [2.75, 3.05) is 0 Å². The summed E-state index contributed by atoms with van der Waals surface area (Å²) in [4.78, 5) is 0. The molecule has 9 unspecified atom stereocenters. The fourth-order valence-corrected chi connectivity index (χ4v) is 27.8. The van der Waals surface area contributed by atoms with Gasteiger partial charge in [-0.25, -0.2) is 0 Å². The molecule has 0 spiro atoms. The molecule has 0 aliphatic heterocycles. The first-order chi connectivity index (χ1) is 28.8. The SMILES string of the molecule is CC1=CC=CC2[CH]([Zr+2]([C]3=CC=CC3)=[C](c3ccc(C4CCCCC4)cc3)c3ccc(C4CCCCC4)cc3)C3(C)C4(C)C=CC=CC4(C)C4(C)C=CC=CC4(C)C3(C)C12C.[Cl-].[Cl-]. The normalized spacial score (nSPS) is 39.0. The molecule has 4 fully saturated rings. The van der Waals surface area contributed by atoms with Crippen molar-refractivity contribution in [2.24, 2.45) is 43.8 Å². The number of benzene rings is 2. The first kappa shape index (κ1) is 46.2. The third-order valence-corrected chi connectivity index (χ3v) is 29.9. The molecule has 0 aromatic heterocycles. The zero-order valence-corrected chi connectivity index (χ0v) is 43.0. The monoisotopic (exact) mass is 940 g/mol. The number of hydrogen-bond donors (Lipinski definition) is 0. The summed E-state index contributed by atoms with van der Waals surface area (Å²) >= 11 is -3.04. The van der Waals surface area contributed by atoms with Crippen LogP contribution in [-0.4, -0.2) is 3.21 Å². The fraction of sp³-hybridized carbons (Fsp3) is 0.508. The number of allylic oxidation sites excluding steroid dienone is 16. The van der Waals surface area contributed by atoms with Crippen molar-refractivity contribution < 1.29 is 46.1 Å². The van der Waals surface area contributed by atoms with Gasteiger partial charge in [-0.1, -0.05) is 0 Å². The van der Waals surface area contributed by atoms with Gasteiger partial charge < -0.3 is 24.8 Å². The van der Waals surface area contributed by atoms with Crippen LogP contribution in [0.1, 0.15) is 160 Å². The maximum absolute atomic E-state index is 3.04. The average molecular weight is 943 g/mol. The van der Waals surface area contributed by atoms with Crippen LogP contribution in [0.3, 0.4) is 0 Å². The molecule has 9 atom stereocenters. The zero-order valence-electron chi connectivity index (χ0n) is 39.0. The van der Waals surface area contributed by atoms with Gasteiger partial charge >= 0.3 is 374 Å². The Morgan fingerprint density at radius 2 is 1.00 bits per heavy atom. The number of fused-ring (bicyclic) bond motifs is 8. The summed E-state index contributed by atoms with van der Waals surface area (Å²) in [5, 5.41) is 0. The fourth-order valence-electron chi connectivity index (χ4n) is 16.6. The van der Waals surface area contributed by atoms with E-state index in [0.29, 0.717) is 21.4 Å². The van der Waals surface area contributed by atoms with Gasteiger partial charge in [-0.15, -0.1) is 0 Å². The van der Waals surface area contributed by atoms with E-state index in [0.717, 1.165) is 6.42 Å². The molecule has 2 aromatic carbocycles. The second-order valence-electron chi connectivity index (χ2n) is 22.0. The molecule has 0 saturated heterocycles. The molecule has 62 heavy (non-hydrogen) atoms. The number of hydrogen-bond acceptors (Lipinski definition) is 0. The molecular weight excluding hydrogens is 871 g/mol. The van der Waals surface area contributed by atoms with E-state index in [9.17, 15) is 0 Å². The van der Waals surface area contributed by atoms with Gasteiger partial charge in [0.2, 0.25) is 0 Å². The molecule has 0 heterocycles. The maximum Gasteiger partial charge on any atom is -1.00 e. The van der Waals surface area contributed by atoms with Crippen molar-refractivity contribution in [1.82, 2.24) is 0 Å². The van der Waals surface area contributed by atoms with Crippen molar-refractivity contribution in [2.45, 2.75) is 141 Å². The third kappa shape index (κ3) is 5.87. The second kappa shape index (κ2) is 16.5. The first-order valence-corrected chi connectivity index (χ1v) is 28.1. The summed E-state index contributed by atoms with van der Waals surface area (Å²) in [6.45, 7) is 21.7. The van der Waals surface area contributed by atoms with Gasteiger partial charge in [0.25, 0.3) is 0 Å². The van der Waals surface area contributed by atoms with Gasteiger partial charge in [0.05, 0.1) is 0 Å². The van der Waals surface area contributed by atoms with Gasteiger partial charge in [-0.2, -0.15) is 0 Å². The summed E-state index contributed by atoms with van der Waals surface area (Å²) in [6.07, 6.45) is 50.5. The molecule has 4 saturated carbocycles. The Labute approximate surface area is 396 Å². The first-order valence-electron chi connectivity index (χ1n) is 24.2. The largest absolute Gasteiger partial charge is 1.00 e. The van der Waals surface area contributed by atoms with Crippen LogP contribution in [-0.2, 0) is 21.3 Å². The van der Waals surface area contributed by atoms with Crippen LogP contribution in [0.2, 0.25) is 3.63 Å². The number of halogens is 2.